The zero-order chi connectivity index (χ0) is 12.6. The molecule has 5 heteroatoms. The molecular formula is C11H20F3NO. The third-order valence-electron chi connectivity index (χ3n) is 3.48. The SMILES string of the molecule is CN(CC(F)(F)F)C1CC(O)CCC1(C)C. The van der Waals surface area contributed by atoms with Crippen molar-refractivity contribution in [3.05, 3.63) is 0 Å². The fourth-order valence-corrected chi connectivity index (χ4v) is 2.57. The standard InChI is InChI=1S/C11H20F3NO/c1-10(2)5-4-8(16)6-9(10)15(3)7-11(12,13)14/h8-9,16H,4-7H2,1-3H3. The van der Waals surface area contributed by atoms with Crippen molar-refractivity contribution in [3.63, 3.8) is 0 Å². The molecule has 0 aromatic rings. The van der Waals surface area contributed by atoms with Crippen LogP contribution in [0.1, 0.15) is 33.1 Å². The smallest absolute Gasteiger partial charge is 0.393 e. The average Bonchev–Trinajstić information content (AvgIpc) is 2.06. The van der Waals surface area contributed by atoms with Gasteiger partial charge in [0.25, 0.3) is 0 Å². The van der Waals surface area contributed by atoms with Crippen LogP contribution in [0.25, 0.3) is 0 Å². The highest BCUT2D eigenvalue weighted by Gasteiger charge is 2.41. The first-order chi connectivity index (χ1) is 7.12. The lowest BCUT2D eigenvalue weighted by atomic mass is 9.71. The molecule has 0 aromatic carbocycles. The van der Waals surface area contributed by atoms with Crippen LogP contribution in [0.2, 0.25) is 0 Å². The minimum Gasteiger partial charge on any atom is -0.393 e. The normalized spacial score (nSPS) is 30.8. The number of alkyl halides is 3. The Morgan fingerprint density at radius 3 is 2.44 bits per heavy atom. The maximum Gasteiger partial charge on any atom is 0.401 e. The molecule has 1 N–H and O–H groups in total. The minimum absolute atomic E-state index is 0.167. The van der Waals surface area contributed by atoms with Crippen LogP contribution >= 0.6 is 0 Å². The fourth-order valence-electron chi connectivity index (χ4n) is 2.57. The molecule has 1 saturated carbocycles. The molecule has 1 aliphatic rings. The van der Waals surface area contributed by atoms with Crippen molar-refractivity contribution in [3.8, 4) is 0 Å². The van der Waals surface area contributed by atoms with E-state index in [4.69, 9.17) is 0 Å². The summed E-state index contributed by atoms with van der Waals surface area (Å²) in [5.41, 5.74) is -0.167. The van der Waals surface area contributed by atoms with Gasteiger partial charge in [0.15, 0.2) is 0 Å². The maximum absolute atomic E-state index is 12.3. The number of hydrogen-bond donors (Lipinski definition) is 1. The van der Waals surface area contributed by atoms with Crippen LogP contribution in [0.5, 0.6) is 0 Å². The summed E-state index contributed by atoms with van der Waals surface area (Å²) in [5, 5.41) is 9.55. The van der Waals surface area contributed by atoms with Crippen molar-refractivity contribution in [1.29, 1.82) is 0 Å². The number of rotatable bonds is 2. The van der Waals surface area contributed by atoms with Gasteiger partial charge in [-0.05, 0) is 31.7 Å². The summed E-state index contributed by atoms with van der Waals surface area (Å²) in [7, 11) is 1.48. The minimum atomic E-state index is -4.17. The van der Waals surface area contributed by atoms with E-state index in [0.717, 1.165) is 6.42 Å². The van der Waals surface area contributed by atoms with Crippen molar-refractivity contribution in [2.45, 2.75) is 51.4 Å². The molecule has 0 saturated heterocycles. The van der Waals surface area contributed by atoms with E-state index < -0.39 is 18.8 Å². The van der Waals surface area contributed by atoms with Crippen LogP contribution in [-0.4, -0.2) is 41.9 Å². The highest BCUT2D eigenvalue weighted by Crippen LogP contribution is 2.39. The molecule has 0 heterocycles. The van der Waals surface area contributed by atoms with Gasteiger partial charge in [-0.1, -0.05) is 13.8 Å². The van der Waals surface area contributed by atoms with Gasteiger partial charge in [-0.15, -0.1) is 0 Å². The van der Waals surface area contributed by atoms with Crippen LogP contribution in [0, 0.1) is 5.41 Å². The third-order valence-corrected chi connectivity index (χ3v) is 3.48. The number of hydrogen-bond acceptors (Lipinski definition) is 2. The summed E-state index contributed by atoms with van der Waals surface area (Å²) in [5.74, 6) is 0. The lowest BCUT2D eigenvalue weighted by Crippen LogP contribution is -2.51. The molecule has 0 aliphatic heterocycles. The van der Waals surface area contributed by atoms with Gasteiger partial charge in [-0.3, -0.25) is 4.90 Å². The number of aliphatic hydroxyl groups is 1. The van der Waals surface area contributed by atoms with E-state index in [9.17, 15) is 18.3 Å². The molecule has 0 aromatic heterocycles. The largest absolute Gasteiger partial charge is 0.401 e. The van der Waals surface area contributed by atoms with Gasteiger partial charge in [0.2, 0.25) is 0 Å². The second kappa shape index (κ2) is 4.53. The Morgan fingerprint density at radius 2 is 1.94 bits per heavy atom. The van der Waals surface area contributed by atoms with Gasteiger partial charge in [0.05, 0.1) is 12.6 Å². The molecule has 0 amide bonds. The molecule has 0 spiro atoms. The van der Waals surface area contributed by atoms with Gasteiger partial charge in [0.1, 0.15) is 0 Å². The van der Waals surface area contributed by atoms with E-state index in [1.807, 2.05) is 13.8 Å². The molecule has 1 fully saturated rings. The van der Waals surface area contributed by atoms with Gasteiger partial charge in [-0.2, -0.15) is 13.2 Å². The van der Waals surface area contributed by atoms with E-state index in [0.29, 0.717) is 12.8 Å². The number of halogens is 3. The first-order valence-corrected chi connectivity index (χ1v) is 5.57. The Hall–Kier alpha value is -0.290. The van der Waals surface area contributed by atoms with Gasteiger partial charge >= 0.3 is 6.18 Å². The molecule has 1 rings (SSSR count). The number of nitrogens with zero attached hydrogens (tertiary/aromatic N) is 1. The molecule has 96 valence electrons. The predicted molar refractivity (Wildman–Crippen MR) is 56.1 cm³/mol. The summed E-state index contributed by atoms with van der Waals surface area (Å²) in [6.45, 7) is 3.03. The van der Waals surface area contributed by atoms with Crippen LogP contribution < -0.4 is 0 Å². The molecule has 2 nitrogen and oxygen atoms in total. The number of aliphatic hydroxyl groups excluding tert-OH is 1. The predicted octanol–water partition coefficient (Wildman–Crippen LogP) is 2.42. The Balaban J connectivity index is 2.68. The average molecular weight is 239 g/mol. The van der Waals surface area contributed by atoms with E-state index in [2.05, 4.69) is 0 Å². The van der Waals surface area contributed by atoms with Crippen LogP contribution in [0.15, 0.2) is 0 Å². The summed E-state index contributed by atoms with van der Waals surface area (Å²) >= 11 is 0. The first kappa shape index (κ1) is 13.8. The van der Waals surface area contributed by atoms with Crippen LogP contribution in [0.3, 0.4) is 0 Å². The van der Waals surface area contributed by atoms with Crippen molar-refractivity contribution < 1.29 is 18.3 Å². The lowest BCUT2D eigenvalue weighted by molar-refractivity contribution is -0.156. The van der Waals surface area contributed by atoms with Crippen molar-refractivity contribution >= 4 is 0 Å². The molecule has 0 bridgehead atoms. The molecular weight excluding hydrogens is 219 g/mol. The Kier molecular flexibility index (Phi) is 3.90. The molecule has 2 atom stereocenters. The summed E-state index contributed by atoms with van der Waals surface area (Å²) < 4.78 is 36.9. The summed E-state index contributed by atoms with van der Waals surface area (Å²) in [6.07, 6.45) is -2.76. The Bertz CT molecular complexity index is 240. The van der Waals surface area contributed by atoms with Gasteiger partial charge < -0.3 is 5.11 Å². The van der Waals surface area contributed by atoms with E-state index in [1.165, 1.54) is 11.9 Å². The van der Waals surface area contributed by atoms with E-state index in [1.54, 1.807) is 0 Å². The zero-order valence-corrected chi connectivity index (χ0v) is 10.0. The van der Waals surface area contributed by atoms with Gasteiger partial charge in [-0.25, -0.2) is 0 Å². The highest BCUT2D eigenvalue weighted by molar-refractivity contribution is 4.92. The highest BCUT2D eigenvalue weighted by atomic mass is 19.4. The molecule has 2 unspecified atom stereocenters. The molecule has 0 radical (unpaired) electrons. The maximum atomic E-state index is 12.3. The topological polar surface area (TPSA) is 23.5 Å². The van der Waals surface area contributed by atoms with Gasteiger partial charge in [0, 0.05) is 6.04 Å². The van der Waals surface area contributed by atoms with E-state index in [-0.39, 0.29) is 11.5 Å². The summed E-state index contributed by atoms with van der Waals surface area (Å²) in [6, 6.07) is -0.210. The first-order valence-electron chi connectivity index (χ1n) is 5.57. The van der Waals surface area contributed by atoms with Crippen molar-refractivity contribution in [2.24, 2.45) is 5.41 Å². The van der Waals surface area contributed by atoms with Crippen molar-refractivity contribution in [2.75, 3.05) is 13.6 Å². The lowest BCUT2D eigenvalue weighted by Gasteiger charge is -2.45. The molecule has 1 aliphatic carbocycles. The second-order valence-corrected chi connectivity index (χ2v) is 5.46. The fraction of sp³-hybridized carbons (Fsp3) is 1.00. The third kappa shape index (κ3) is 3.63. The monoisotopic (exact) mass is 239 g/mol. The quantitative estimate of drug-likeness (QED) is 0.800. The van der Waals surface area contributed by atoms with E-state index >= 15 is 0 Å². The van der Waals surface area contributed by atoms with Crippen molar-refractivity contribution in [1.82, 2.24) is 4.90 Å². The molecule has 16 heavy (non-hydrogen) atoms. The van der Waals surface area contributed by atoms with Crippen LogP contribution in [0.4, 0.5) is 13.2 Å². The second-order valence-electron chi connectivity index (χ2n) is 5.46. The Morgan fingerprint density at radius 1 is 1.38 bits per heavy atom. The summed E-state index contributed by atoms with van der Waals surface area (Å²) in [4.78, 5) is 1.32. The zero-order valence-electron chi connectivity index (χ0n) is 10.0. The Labute approximate surface area is 94.4 Å². The van der Waals surface area contributed by atoms with Crippen LogP contribution in [-0.2, 0) is 0 Å².